The Hall–Kier alpha value is -2.62. The number of hydrogen-bond donors (Lipinski definition) is 2. The predicted octanol–water partition coefficient (Wildman–Crippen LogP) is 2.44. The number of carbonyl (C=O) groups is 2. The van der Waals surface area contributed by atoms with Gasteiger partial charge in [-0.1, -0.05) is 30.3 Å². The lowest BCUT2D eigenvalue weighted by molar-refractivity contribution is -0.117. The third-order valence-corrected chi connectivity index (χ3v) is 2.95. The Morgan fingerprint density at radius 1 is 0.950 bits per heavy atom. The lowest BCUT2D eigenvalue weighted by atomic mass is 10.0. The topological polar surface area (TPSA) is 74.6 Å². The number of aromatic carboxylic acids is 1. The van der Waals surface area contributed by atoms with E-state index in [9.17, 15) is 14.7 Å². The Morgan fingerprint density at radius 2 is 1.70 bits per heavy atom. The van der Waals surface area contributed by atoms with Crippen LogP contribution in [0.3, 0.4) is 0 Å². The monoisotopic (exact) mass is 270 g/mol. The molecule has 20 heavy (non-hydrogen) atoms. The van der Waals surface area contributed by atoms with Crippen molar-refractivity contribution in [3.8, 4) is 5.75 Å². The number of benzene rings is 2. The Bertz CT molecular complexity index is 646. The molecule has 0 aromatic heterocycles. The Morgan fingerprint density at radius 3 is 2.40 bits per heavy atom. The number of ketones is 1. The molecule has 102 valence electrons. The van der Waals surface area contributed by atoms with Gasteiger partial charge in [0.2, 0.25) is 0 Å². The first-order valence-electron chi connectivity index (χ1n) is 6.17. The highest BCUT2D eigenvalue weighted by molar-refractivity contribution is 5.89. The number of phenolic OH excluding ortho intramolecular Hbond substituents is 1. The van der Waals surface area contributed by atoms with Crippen LogP contribution < -0.4 is 0 Å². The van der Waals surface area contributed by atoms with Crippen LogP contribution in [0.2, 0.25) is 0 Å². The maximum absolute atomic E-state index is 12.0. The van der Waals surface area contributed by atoms with Crippen LogP contribution >= 0.6 is 0 Å². The molecule has 0 heterocycles. The summed E-state index contributed by atoms with van der Waals surface area (Å²) in [6.45, 7) is 0. The van der Waals surface area contributed by atoms with Crippen LogP contribution in [0.25, 0.3) is 0 Å². The van der Waals surface area contributed by atoms with Gasteiger partial charge in [-0.15, -0.1) is 0 Å². The molecule has 0 spiro atoms. The number of hydrogen-bond acceptors (Lipinski definition) is 3. The van der Waals surface area contributed by atoms with E-state index in [0.29, 0.717) is 11.1 Å². The molecule has 2 N–H and O–H groups in total. The van der Waals surface area contributed by atoms with E-state index in [1.807, 2.05) is 0 Å². The molecular weight excluding hydrogens is 256 g/mol. The predicted molar refractivity (Wildman–Crippen MR) is 73.9 cm³/mol. The standard InChI is InChI=1S/C16H14O4/c17-14(10-12-5-1-2-7-15(12)18)9-11-4-3-6-13(8-11)16(19)20/h1-8,18H,9-10H2,(H,19,20). The zero-order chi connectivity index (χ0) is 14.5. The summed E-state index contributed by atoms with van der Waals surface area (Å²) in [4.78, 5) is 22.8. The van der Waals surface area contributed by atoms with Gasteiger partial charge in [0.1, 0.15) is 11.5 Å². The second-order valence-corrected chi connectivity index (χ2v) is 4.53. The highest BCUT2D eigenvalue weighted by atomic mass is 16.4. The second-order valence-electron chi connectivity index (χ2n) is 4.53. The maximum atomic E-state index is 12.0. The molecule has 0 atom stereocenters. The van der Waals surface area contributed by atoms with Crippen molar-refractivity contribution in [2.75, 3.05) is 0 Å². The molecule has 0 radical (unpaired) electrons. The van der Waals surface area contributed by atoms with Crippen LogP contribution in [0.15, 0.2) is 48.5 Å². The number of rotatable bonds is 5. The first-order valence-corrected chi connectivity index (χ1v) is 6.17. The number of carbonyl (C=O) groups excluding carboxylic acids is 1. The molecule has 4 heteroatoms. The van der Waals surface area contributed by atoms with Crippen LogP contribution in [0.5, 0.6) is 5.75 Å². The third kappa shape index (κ3) is 3.45. The number of para-hydroxylation sites is 1. The van der Waals surface area contributed by atoms with Crippen LogP contribution in [0.4, 0.5) is 0 Å². The fraction of sp³-hybridized carbons (Fsp3) is 0.125. The van der Waals surface area contributed by atoms with Crippen molar-refractivity contribution in [2.24, 2.45) is 0 Å². The van der Waals surface area contributed by atoms with Gasteiger partial charge < -0.3 is 10.2 Å². The average molecular weight is 270 g/mol. The number of phenols is 1. The van der Waals surface area contributed by atoms with Crippen molar-refractivity contribution < 1.29 is 19.8 Å². The molecule has 0 aliphatic carbocycles. The fourth-order valence-electron chi connectivity index (χ4n) is 1.98. The molecule has 0 saturated carbocycles. The van der Waals surface area contributed by atoms with Gasteiger partial charge in [0.15, 0.2) is 0 Å². The van der Waals surface area contributed by atoms with Crippen molar-refractivity contribution in [3.63, 3.8) is 0 Å². The van der Waals surface area contributed by atoms with Crippen molar-refractivity contribution in [3.05, 3.63) is 65.2 Å². The summed E-state index contributed by atoms with van der Waals surface area (Å²) in [5.41, 5.74) is 1.40. The van der Waals surface area contributed by atoms with Gasteiger partial charge in [0.25, 0.3) is 0 Å². The van der Waals surface area contributed by atoms with E-state index in [1.54, 1.807) is 30.3 Å². The summed E-state index contributed by atoms with van der Waals surface area (Å²) in [5.74, 6) is -0.992. The Balaban J connectivity index is 2.07. The van der Waals surface area contributed by atoms with Crippen LogP contribution in [-0.2, 0) is 17.6 Å². The van der Waals surface area contributed by atoms with Crippen molar-refractivity contribution in [1.82, 2.24) is 0 Å². The summed E-state index contributed by atoms with van der Waals surface area (Å²) in [7, 11) is 0. The SMILES string of the molecule is O=C(Cc1cccc(C(=O)O)c1)Cc1ccccc1O. The van der Waals surface area contributed by atoms with E-state index in [2.05, 4.69) is 0 Å². The van der Waals surface area contributed by atoms with Gasteiger partial charge in [0, 0.05) is 18.4 Å². The molecule has 0 aliphatic heterocycles. The molecule has 2 aromatic carbocycles. The summed E-state index contributed by atoms with van der Waals surface area (Å²) < 4.78 is 0. The molecule has 0 amide bonds. The van der Waals surface area contributed by atoms with Crippen molar-refractivity contribution in [2.45, 2.75) is 12.8 Å². The van der Waals surface area contributed by atoms with E-state index >= 15 is 0 Å². The van der Waals surface area contributed by atoms with Crippen molar-refractivity contribution in [1.29, 1.82) is 0 Å². The van der Waals surface area contributed by atoms with Crippen molar-refractivity contribution >= 4 is 11.8 Å². The van der Waals surface area contributed by atoms with E-state index < -0.39 is 5.97 Å². The smallest absolute Gasteiger partial charge is 0.335 e. The minimum Gasteiger partial charge on any atom is -0.508 e. The lowest BCUT2D eigenvalue weighted by Gasteiger charge is -2.05. The summed E-state index contributed by atoms with van der Waals surface area (Å²) >= 11 is 0. The average Bonchev–Trinajstić information content (AvgIpc) is 2.41. The molecule has 0 bridgehead atoms. The first-order chi connectivity index (χ1) is 9.56. The number of carboxylic acid groups (broad SMARTS) is 1. The quantitative estimate of drug-likeness (QED) is 0.875. The molecule has 0 aliphatic rings. The summed E-state index contributed by atoms with van der Waals surface area (Å²) in [5, 5.41) is 18.5. The minimum absolute atomic E-state index is 0.0750. The molecule has 4 nitrogen and oxygen atoms in total. The Kier molecular flexibility index (Phi) is 4.15. The molecule has 2 rings (SSSR count). The number of aromatic hydroxyl groups is 1. The molecule has 0 fully saturated rings. The number of Topliss-reactive ketones (excluding diaryl/α,β-unsaturated/α-hetero) is 1. The maximum Gasteiger partial charge on any atom is 0.335 e. The molecule has 0 unspecified atom stereocenters. The van der Waals surface area contributed by atoms with Crippen LogP contribution in [-0.4, -0.2) is 22.0 Å². The van der Waals surface area contributed by atoms with Gasteiger partial charge in [-0.3, -0.25) is 4.79 Å². The molecule has 2 aromatic rings. The van der Waals surface area contributed by atoms with Gasteiger partial charge in [-0.25, -0.2) is 4.79 Å². The summed E-state index contributed by atoms with van der Waals surface area (Å²) in [6.07, 6.45) is 0.277. The zero-order valence-corrected chi connectivity index (χ0v) is 10.7. The Labute approximate surface area is 116 Å². The molecular formula is C16H14O4. The van der Waals surface area contributed by atoms with Gasteiger partial charge in [-0.2, -0.15) is 0 Å². The van der Waals surface area contributed by atoms with E-state index in [1.165, 1.54) is 18.2 Å². The fourth-order valence-corrected chi connectivity index (χ4v) is 1.98. The highest BCUT2D eigenvalue weighted by Gasteiger charge is 2.10. The third-order valence-electron chi connectivity index (χ3n) is 2.95. The van der Waals surface area contributed by atoms with E-state index in [0.717, 1.165) is 0 Å². The van der Waals surface area contributed by atoms with Gasteiger partial charge >= 0.3 is 5.97 Å². The normalized spacial score (nSPS) is 10.2. The van der Waals surface area contributed by atoms with Crippen LogP contribution in [0, 0.1) is 0 Å². The highest BCUT2D eigenvalue weighted by Crippen LogP contribution is 2.17. The molecule has 0 saturated heterocycles. The van der Waals surface area contributed by atoms with E-state index in [4.69, 9.17) is 5.11 Å². The minimum atomic E-state index is -1.01. The summed E-state index contributed by atoms with van der Waals surface area (Å²) in [6, 6.07) is 13.0. The second kappa shape index (κ2) is 6.02. The zero-order valence-electron chi connectivity index (χ0n) is 10.7. The van der Waals surface area contributed by atoms with Gasteiger partial charge in [0.05, 0.1) is 5.56 Å². The van der Waals surface area contributed by atoms with Crippen LogP contribution in [0.1, 0.15) is 21.5 Å². The number of carboxylic acids is 1. The lowest BCUT2D eigenvalue weighted by Crippen LogP contribution is -2.07. The van der Waals surface area contributed by atoms with E-state index in [-0.39, 0.29) is 29.9 Å². The largest absolute Gasteiger partial charge is 0.508 e. The first kappa shape index (κ1) is 13.8. The van der Waals surface area contributed by atoms with Gasteiger partial charge in [-0.05, 0) is 23.8 Å².